The summed E-state index contributed by atoms with van der Waals surface area (Å²) in [5.74, 6) is 0.288. The third-order valence-electron chi connectivity index (χ3n) is 4.89. The fraction of sp³-hybridized carbons (Fsp3) is 0.364. The molecule has 0 spiro atoms. The van der Waals surface area contributed by atoms with Gasteiger partial charge in [0, 0.05) is 18.3 Å². The second-order valence-corrected chi connectivity index (χ2v) is 9.24. The van der Waals surface area contributed by atoms with Crippen LogP contribution in [0.3, 0.4) is 0 Å². The third kappa shape index (κ3) is 5.38. The molecule has 8 heteroatoms. The van der Waals surface area contributed by atoms with Gasteiger partial charge in [-0.25, -0.2) is 8.42 Å². The Balaban J connectivity index is 1.64. The van der Waals surface area contributed by atoms with Crippen molar-refractivity contribution in [3.63, 3.8) is 0 Å². The first-order valence-corrected chi connectivity index (χ1v) is 11.6. The van der Waals surface area contributed by atoms with Gasteiger partial charge in [-0.05, 0) is 49.1 Å². The number of amides is 1. The van der Waals surface area contributed by atoms with Gasteiger partial charge < -0.3 is 10.1 Å². The number of nitriles is 1. The molecular weight excluding hydrogens is 402 g/mol. The number of carbonyl (C=O) groups is 1. The second kappa shape index (κ2) is 9.74. The molecule has 0 aromatic heterocycles. The zero-order valence-electron chi connectivity index (χ0n) is 16.9. The summed E-state index contributed by atoms with van der Waals surface area (Å²) in [7, 11) is -3.42. The molecule has 2 aromatic rings. The van der Waals surface area contributed by atoms with Crippen molar-refractivity contribution in [2.75, 3.05) is 17.6 Å². The summed E-state index contributed by atoms with van der Waals surface area (Å²) < 4.78 is 32.0. The SMILES string of the molecule is CCCS(=O)(=O)N1CCCC1C(=O)Nc1cccc(OCc2cccc(C#N)c2)c1. The normalized spacial score (nSPS) is 16.7. The highest BCUT2D eigenvalue weighted by Crippen LogP contribution is 2.24. The standard InChI is InChI=1S/C22H25N3O4S/c1-2-12-30(27,28)25-11-5-10-21(25)22(26)24-19-8-4-9-20(14-19)29-16-18-7-3-6-17(13-18)15-23/h3-4,6-9,13-14,21H,2,5,10-12,16H2,1H3,(H,24,26). The van der Waals surface area contributed by atoms with Crippen LogP contribution < -0.4 is 10.1 Å². The monoisotopic (exact) mass is 427 g/mol. The molecule has 1 unspecified atom stereocenters. The van der Waals surface area contributed by atoms with E-state index in [0.29, 0.717) is 49.4 Å². The molecule has 7 nitrogen and oxygen atoms in total. The van der Waals surface area contributed by atoms with Crippen LogP contribution in [-0.2, 0) is 21.4 Å². The molecule has 1 aliphatic rings. The molecule has 1 heterocycles. The Labute approximate surface area is 177 Å². The molecule has 158 valence electrons. The average Bonchev–Trinajstić information content (AvgIpc) is 3.24. The molecule has 1 fully saturated rings. The van der Waals surface area contributed by atoms with E-state index in [9.17, 15) is 13.2 Å². The minimum absolute atomic E-state index is 0.0487. The van der Waals surface area contributed by atoms with Crippen LogP contribution in [0.1, 0.15) is 37.3 Å². The van der Waals surface area contributed by atoms with Crippen molar-refractivity contribution in [3.8, 4) is 11.8 Å². The van der Waals surface area contributed by atoms with Crippen molar-refractivity contribution in [1.29, 1.82) is 5.26 Å². The number of carbonyl (C=O) groups excluding carboxylic acids is 1. The zero-order chi connectivity index (χ0) is 21.6. The van der Waals surface area contributed by atoms with Crippen molar-refractivity contribution in [3.05, 3.63) is 59.7 Å². The van der Waals surface area contributed by atoms with Crippen LogP contribution in [0, 0.1) is 11.3 Å². The molecule has 2 aromatic carbocycles. The first kappa shape index (κ1) is 21.8. The lowest BCUT2D eigenvalue weighted by atomic mass is 10.1. The summed E-state index contributed by atoms with van der Waals surface area (Å²) in [6.45, 7) is 2.48. The number of ether oxygens (including phenoxy) is 1. The molecule has 0 aliphatic carbocycles. The number of benzene rings is 2. The quantitative estimate of drug-likeness (QED) is 0.697. The molecule has 0 radical (unpaired) electrons. The third-order valence-corrected chi connectivity index (χ3v) is 6.96. The Kier molecular flexibility index (Phi) is 7.08. The van der Waals surface area contributed by atoms with E-state index in [0.717, 1.165) is 5.56 Å². The number of rotatable bonds is 8. The van der Waals surface area contributed by atoms with E-state index in [1.54, 1.807) is 42.5 Å². The predicted octanol–water partition coefficient (Wildman–Crippen LogP) is 3.28. The van der Waals surface area contributed by atoms with Gasteiger partial charge in [-0.3, -0.25) is 4.79 Å². The smallest absolute Gasteiger partial charge is 0.242 e. The summed E-state index contributed by atoms with van der Waals surface area (Å²) in [5, 5.41) is 11.8. The summed E-state index contributed by atoms with van der Waals surface area (Å²) in [5.41, 5.74) is 1.98. The van der Waals surface area contributed by atoms with Gasteiger partial charge in [-0.15, -0.1) is 0 Å². The number of anilines is 1. The average molecular weight is 428 g/mol. The van der Waals surface area contributed by atoms with Crippen molar-refractivity contribution >= 4 is 21.6 Å². The Bertz CT molecular complexity index is 1050. The van der Waals surface area contributed by atoms with E-state index in [1.807, 2.05) is 13.0 Å². The lowest BCUT2D eigenvalue weighted by molar-refractivity contribution is -0.119. The molecule has 0 bridgehead atoms. The molecule has 30 heavy (non-hydrogen) atoms. The minimum atomic E-state index is -3.42. The van der Waals surface area contributed by atoms with Crippen LogP contribution in [0.25, 0.3) is 0 Å². The van der Waals surface area contributed by atoms with Gasteiger partial charge in [0.05, 0.1) is 17.4 Å². The summed E-state index contributed by atoms with van der Waals surface area (Å²) in [6, 6.07) is 15.5. The van der Waals surface area contributed by atoms with Gasteiger partial charge in [-0.1, -0.05) is 25.1 Å². The summed E-state index contributed by atoms with van der Waals surface area (Å²) in [4.78, 5) is 12.7. The first-order chi connectivity index (χ1) is 14.4. The van der Waals surface area contributed by atoms with Crippen LogP contribution in [0.5, 0.6) is 5.75 Å². The fourth-order valence-corrected chi connectivity index (χ4v) is 5.24. The first-order valence-electron chi connectivity index (χ1n) is 9.95. The Hall–Kier alpha value is -2.89. The van der Waals surface area contributed by atoms with Gasteiger partial charge in [0.15, 0.2) is 0 Å². The Morgan fingerprint density at radius 1 is 1.27 bits per heavy atom. The van der Waals surface area contributed by atoms with Gasteiger partial charge in [0.25, 0.3) is 0 Å². The molecule has 1 N–H and O–H groups in total. The summed E-state index contributed by atoms with van der Waals surface area (Å²) >= 11 is 0. The van der Waals surface area contributed by atoms with Gasteiger partial charge in [-0.2, -0.15) is 9.57 Å². The number of nitrogens with zero attached hydrogens (tertiary/aromatic N) is 2. The molecule has 1 amide bonds. The molecule has 1 aliphatic heterocycles. The van der Waals surface area contributed by atoms with Crippen molar-refractivity contribution in [1.82, 2.24) is 4.31 Å². The van der Waals surface area contributed by atoms with Crippen LogP contribution in [-0.4, -0.2) is 37.0 Å². The Morgan fingerprint density at radius 2 is 2.07 bits per heavy atom. The topological polar surface area (TPSA) is 99.5 Å². The van der Waals surface area contributed by atoms with Gasteiger partial charge >= 0.3 is 0 Å². The maximum Gasteiger partial charge on any atom is 0.242 e. The number of hydrogen-bond donors (Lipinski definition) is 1. The second-order valence-electron chi connectivity index (χ2n) is 7.20. The fourth-order valence-electron chi connectivity index (χ4n) is 3.50. The maximum atomic E-state index is 12.7. The molecule has 0 saturated carbocycles. The van der Waals surface area contributed by atoms with Crippen LogP contribution in [0.15, 0.2) is 48.5 Å². The predicted molar refractivity (Wildman–Crippen MR) is 114 cm³/mol. The maximum absolute atomic E-state index is 12.7. The highest BCUT2D eigenvalue weighted by Gasteiger charge is 2.38. The minimum Gasteiger partial charge on any atom is -0.489 e. The highest BCUT2D eigenvalue weighted by atomic mass is 32.2. The number of nitrogens with one attached hydrogen (secondary N) is 1. The van der Waals surface area contributed by atoms with Crippen molar-refractivity contribution < 1.29 is 17.9 Å². The molecule has 1 atom stereocenters. The van der Waals surface area contributed by atoms with E-state index in [1.165, 1.54) is 4.31 Å². The van der Waals surface area contributed by atoms with Crippen LogP contribution in [0.2, 0.25) is 0 Å². The van der Waals surface area contributed by atoms with Crippen LogP contribution >= 0.6 is 0 Å². The highest BCUT2D eigenvalue weighted by molar-refractivity contribution is 7.89. The van der Waals surface area contributed by atoms with E-state index >= 15 is 0 Å². The van der Waals surface area contributed by atoms with Gasteiger partial charge in [0.2, 0.25) is 15.9 Å². The zero-order valence-corrected chi connectivity index (χ0v) is 17.7. The lowest BCUT2D eigenvalue weighted by Crippen LogP contribution is -2.44. The van der Waals surface area contributed by atoms with Crippen molar-refractivity contribution in [2.45, 2.75) is 38.8 Å². The number of hydrogen-bond acceptors (Lipinski definition) is 5. The molecule has 3 rings (SSSR count). The van der Waals surface area contributed by atoms with E-state index in [-0.39, 0.29) is 11.7 Å². The molecular formula is C22H25N3O4S. The number of sulfonamides is 1. The van der Waals surface area contributed by atoms with Crippen molar-refractivity contribution in [2.24, 2.45) is 0 Å². The Morgan fingerprint density at radius 3 is 2.83 bits per heavy atom. The largest absolute Gasteiger partial charge is 0.489 e. The van der Waals surface area contributed by atoms with Gasteiger partial charge in [0.1, 0.15) is 18.4 Å². The summed E-state index contributed by atoms with van der Waals surface area (Å²) in [6.07, 6.45) is 1.70. The van der Waals surface area contributed by atoms with E-state index in [2.05, 4.69) is 11.4 Å². The van der Waals surface area contributed by atoms with E-state index in [4.69, 9.17) is 10.00 Å². The van der Waals surface area contributed by atoms with Crippen LogP contribution in [0.4, 0.5) is 5.69 Å². The van der Waals surface area contributed by atoms with E-state index < -0.39 is 16.1 Å². The lowest BCUT2D eigenvalue weighted by Gasteiger charge is -2.23. The molecule has 1 saturated heterocycles.